The fourth-order valence-electron chi connectivity index (χ4n) is 3.27. The summed E-state index contributed by atoms with van der Waals surface area (Å²) in [7, 11) is 0. The molecule has 0 radical (unpaired) electrons. The van der Waals surface area contributed by atoms with Crippen LogP contribution in [0.5, 0.6) is 0 Å². The van der Waals surface area contributed by atoms with Crippen molar-refractivity contribution >= 4 is 0 Å². The molecule has 1 aromatic heterocycles. The summed E-state index contributed by atoms with van der Waals surface area (Å²) in [5, 5.41) is 13.2. The van der Waals surface area contributed by atoms with Crippen LogP contribution in [-0.4, -0.2) is 22.7 Å². The van der Waals surface area contributed by atoms with Crippen LogP contribution in [-0.2, 0) is 6.42 Å². The number of nitrogens with zero attached hydrogens (tertiary/aromatic N) is 1. The number of aryl methyl sites for hydroxylation is 1. The summed E-state index contributed by atoms with van der Waals surface area (Å²) in [5.74, 6) is 0.737. The van der Waals surface area contributed by atoms with Crippen LogP contribution in [0.15, 0.2) is 18.3 Å². The number of aliphatic hydroxyl groups excluding tert-OH is 1. The van der Waals surface area contributed by atoms with E-state index in [0.29, 0.717) is 6.04 Å². The number of rotatable bonds is 3. The van der Waals surface area contributed by atoms with Gasteiger partial charge >= 0.3 is 0 Å². The first-order chi connectivity index (χ1) is 8.83. The van der Waals surface area contributed by atoms with Gasteiger partial charge in [-0.25, -0.2) is 0 Å². The summed E-state index contributed by atoms with van der Waals surface area (Å²) in [6, 6.07) is 4.68. The van der Waals surface area contributed by atoms with Gasteiger partial charge in [0.25, 0.3) is 0 Å². The molecule has 0 bridgehead atoms. The van der Waals surface area contributed by atoms with Crippen molar-refractivity contribution < 1.29 is 5.11 Å². The maximum Gasteiger partial charge on any atom is 0.0605 e. The standard InChI is InChI=1S/C15H22N2O/c18-13-6-3-11(4-7-13)10-17-14-8-5-12-2-1-9-16-15(12)14/h1-2,9,11,13-14,17-18H,3-8,10H2. The van der Waals surface area contributed by atoms with Crippen LogP contribution in [0.4, 0.5) is 0 Å². The summed E-state index contributed by atoms with van der Waals surface area (Å²) in [4.78, 5) is 4.51. The molecule has 1 fully saturated rings. The van der Waals surface area contributed by atoms with Gasteiger partial charge in [0.15, 0.2) is 0 Å². The second-order valence-electron chi connectivity index (χ2n) is 5.72. The maximum atomic E-state index is 9.51. The van der Waals surface area contributed by atoms with Crippen LogP contribution in [0.1, 0.15) is 49.4 Å². The number of nitrogens with one attached hydrogen (secondary N) is 1. The van der Waals surface area contributed by atoms with Crippen molar-refractivity contribution in [2.45, 2.75) is 50.7 Å². The second kappa shape index (κ2) is 5.37. The highest BCUT2D eigenvalue weighted by Crippen LogP contribution is 2.30. The lowest BCUT2D eigenvalue weighted by molar-refractivity contribution is 0.107. The van der Waals surface area contributed by atoms with E-state index in [1.54, 1.807) is 0 Å². The van der Waals surface area contributed by atoms with E-state index >= 15 is 0 Å². The van der Waals surface area contributed by atoms with Crippen molar-refractivity contribution in [3.05, 3.63) is 29.6 Å². The van der Waals surface area contributed by atoms with Crippen molar-refractivity contribution in [2.75, 3.05) is 6.54 Å². The molecule has 3 rings (SSSR count). The summed E-state index contributed by atoms with van der Waals surface area (Å²) >= 11 is 0. The van der Waals surface area contributed by atoms with Crippen molar-refractivity contribution in [1.29, 1.82) is 0 Å². The zero-order valence-corrected chi connectivity index (χ0v) is 10.8. The maximum absolute atomic E-state index is 9.51. The molecule has 0 saturated heterocycles. The summed E-state index contributed by atoms with van der Waals surface area (Å²) < 4.78 is 0. The minimum Gasteiger partial charge on any atom is -0.393 e. The van der Waals surface area contributed by atoms with Crippen LogP contribution >= 0.6 is 0 Å². The van der Waals surface area contributed by atoms with Gasteiger partial charge in [-0.3, -0.25) is 4.98 Å². The SMILES string of the molecule is OC1CCC(CNC2CCc3cccnc32)CC1. The van der Waals surface area contributed by atoms with Gasteiger partial charge in [0.1, 0.15) is 0 Å². The number of aromatic nitrogens is 1. The normalized spacial score (nSPS) is 31.3. The highest BCUT2D eigenvalue weighted by molar-refractivity contribution is 5.27. The lowest BCUT2D eigenvalue weighted by Gasteiger charge is -2.26. The van der Waals surface area contributed by atoms with Crippen molar-refractivity contribution in [3.63, 3.8) is 0 Å². The molecule has 1 heterocycles. The van der Waals surface area contributed by atoms with E-state index in [1.165, 1.54) is 17.7 Å². The molecule has 0 aliphatic heterocycles. The molecule has 18 heavy (non-hydrogen) atoms. The molecule has 2 aliphatic rings. The monoisotopic (exact) mass is 246 g/mol. The van der Waals surface area contributed by atoms with Crippen LogP contribution < -0.4 is 5.32 Å². The highest BCUT2D eigenvalue weighted by atomic mass is 16.3. The van der Waals surface area contributed by atoms with E-state index in [-0.39, 0.29) is 6.10 Å². The Morgan fingerprint density at radius 2 is 2.06 bits per heavy atom. The van der Waals surface area contributed by atoms with Crippen molar-refractivity contribution in [3.8, 4) is 0 Å². The van der Waals surface area contributed by atoms with E-state index in [4.69, 9.17) is 0 Å². The molecule has 0 spiro atoms. The highest BCUT2D eigenvalue weighted by Gasteiger charge is 2.25. The molecule has 1 unspecified atom stereocenters. The molecule has 2 aliphatic carbocycles. The minimum absolute atomic E-state index is 0.0462. The Hall–Kier alpha value is -0.930. The topological polar surface area (TPSA) is 45.1 Å². The van der Waals surface area contributed by atoms with Gasteiger partial charge in [-0.05, 0) is 62.6 Å². The smallest absolute Gasteiger partial charge is 0.0605 e. The molecule has 0 amide bonds. The minimum atomic E-state index is -0.0462. The largest absolute Gasteiger partial charge is 0.393 e. The Labute approximate surface area is 109 Å². The summed E-state index contributed by atoms with van der Waals surface area (Å²) in [6.07, 6.45) is 8.47. The average Bonchev–Trinajstić information content (AvgIpc) is 2.82. The van der Waals surface area contributed by atoms with E-state index < -0.39 is 0 Å². The number of aliphatic hydroxyl groups is 1. The van der Waals surface area contributed by atoms with Crippen LogP contribution in [0.2, 0.25) is 0 Å². The Morgan fingerprint density at radius 3 is 2.89 bits per heavy atom. The van der Waals surface area contributed by atoms with Gasteiger partial charge in [0, 0.05) is 6.20 Å². The average molecular weight is 246 g/mol. The predicted octanol–water partition coefficient (Wildman–Crippen LogP) is 2.21. The van der Waals surface area contributed by atoms with Crippen molar-refractivity contribution in [2.24, 2.45) is 5.92 Å². The first-order valence-electron chi connectivity index (χ1n) is 7.18. The quantitative estimate of drug-likeness (QED) is 0.859. The van der Waals surface area contributed by atoms with Crippen LogP contribution in [0.25, 0.3) is 0 Å². The predicted molar refractivity (Wildman–Crippen MR) is 71.3 cm³/mol. The molecule has 1 aromatic rings. The second-order valence-corrected chi connectivity index (χ2v) is 5.72. The van der Waals surface area contributed by atoms with Gasteiger partial charge in [0.05, 0.1) is 17.8 Å². The molecule has 1 saturated carbocycles. The number of hydrogen-bond donors (Lipinski definition) is 2. The third-order valence-electron chi connectivity index (χ3n) is 4.43. The summed E-state index contributed by atoms with van der Waals surface area (Å²) in [6.45, 7) is 1.08. The fraction of sp³-hybridized carbons (Fsp3) is 0.667. The van der Waals surface area contributed by atoms with E-state index in [0.717, 1.165) is 44.6 Å². The molecule has 1 atom stereocenters. The van der Waals surface area contributed by atoms with Gasteiger partial charge in [-0.1, -0.05) is 6.07 Å². The summed E-state index contributed by atoms with van der Waals surface area (Å²) in [5.41, 5.74) is 2.67. The zero-order chi connectivity index (χ0) is 12.4. The first kappa shape index (κ1) is 12.1. The Morgan fingerprint density at radius 1 is 1.22 bits per heavy atom. The van der Waals surface area contributed by atoms with Crippen molar-refractivity contribution in [1.82, 2.24) is 10.3 Å². The Kier molecular flexibility index (Phi) is 3.62. The number of fused-ring (bicyclic) bond motifs is 1. The lowest BCUT2D eigenvalue weighted by Crippen LogP contribution is -2.30. The van der Waals surface area contributed by atoms with Gasteiger partial charge in [0.2, 0.25) is 0 Å². The number of hydrogen-bond acceptors (Lipinski definition) is 3. The molecular formula is C15H22N2O. The Bertz CT molecular complexity index is 399. The molecule has 3 nitrogen and oxygen atoms in total. The molecule has 3 heteroatoms. The Balaban J connectivity index is 1.53. The van der Waals surface area contributed by atoms with Gasteiger partial charge in [-0.2, -0.15) is 0 Å². The third-order valence-corrected chi connectivity index (χ3v) is 4.43. The number of pyridine rings is 1. The van der Waals surface area contributed by atoms with E-state index in [1.807, 2.05) is 12.3 Å². The van der Waals surface area contributed by atoms with E-state index in [2.05, 4.69) is 16.4 Å². The first-order valence-corrected chi connectivity index (χ1v) is 7.18. The molecule has 98 valence electrons. The molecule has 2 N–H and O–H groups in total. The van der Waals surface area contributed by atoms with E-state index in [9.17, 15) is 5.11 Å². The lowest BCUT2D eigenvalue weighted by atomic mass is 9.87. The van der Waals surface area contributed by atoms with Gasteiger partial charge in [-0.15, -0.1) is 0 Å². The van der Waals surface area contributed by atoms with Gasteiger partial charge < -0.3 is 10.4 Å². The molecular weight excluding hydrogens is 224 g/mol. The fourth-order valence-corrected chi connectivity index (χ4v) is 3.27. The molecule has 0 aromatic carbocycles. The third kappa shape index (κ3) is 2.57. The zero-order valence-electron chi connectivity index (χ0n) is 10.8. The van der Waals surface area contributed by atoms with Crippen LogP contribution in [0, 0.1) is 5.92 Å². The van der Waals surface area contributed by atoms with Crippen LogP contribution in [0.3, 0.4) is 0 Å².